The Bertz CT molecular complexity index is 1670. The maximum absolute atomic E-state index is 14.5. The zero-order valence-electron chi connectivity index (χ0n) is 21.8. The molecule has 0 atom stereocenters. The number of hydrogen-bond donors (Lipinski definition) is 4. The first-order valence-electron chi connectivity index (χ1n) is 12.0. The number of hydrogen-bond acceptors (Lipinski definition) is 5. The minimum absolute atomic E-state index is 0.0314. The molecule has 0 spiro atoms. The molecule has 0 unspecified atom stereocenters. The molecule has 1 aromatic heterocycles. The summed E-state index contributed by atoms with van der Waals surface area (Å²) in [7, 11) is -10.1. The number of benzene rings is 3. The summed E-state index contributed by atoms with van der Waals surface area (Å²) in [6.45, 7) is 0. The molecule has 230 valence electrons. The Morgan fingerprint density at radius 1 is 0.767 bits per heavy atom. The molecular weight excluding hydrogens is 750 g/mol. The Morgan fingerprint density at radius 3 is 1.56 bits per heavy atom. The first-order chi connectivity index (χ1) is 19.8. The molecule has 0 radical (unpaired) electrons. The summed E-state index contributed by atoms with van der Waals surface area (Å²) in [5, 5.41) is 11.9. The van der Waals surface area contributed by atoms with E-state index in [4.69, 9.17) is 0 Å². The normalized spacial score (nSPS) is 13.4. The van der Waals surface area contributed by atoms with E-state index in [0.717, 1.165) is 12.1 Å². The molecule has 18 heteroatoms. The van der Waals surface area contributed by atoms with E-state index < -0.39 is 43.1 Å². The molecule has 0 bridgehead atoms. The summed E-state index contributed by atoms with van der Waals surface area (Å²) in [5.41, 5.74) is -10.4. The molecule has 43 heavy (non-hydrogen) atoms. The van der Waals surface area contributed by atoms with Crippen LogP contribution in [0.3, 0.4) is 0 Å². The van der Waals surface area contributed by atoms with Crippen molar-refractivity contribution in [3.63, 3.8) is 0 Å². The summed E-state index contributed by atoms with van der Waals surface area (Å²) in [4.78, 5) is 36.8. The van der Waals surface area contributed by atoms with Gasteiger partial charge < -0.3 is 19.6 Å². The lowest BCUT2D eigenvalue weighted by Crippen LogP contribution is -2.36. The molecule has 10 nitrogen and oxygen atoms in total. The van der Waals surface area contributed by atoms with Crippen LogP contribution in [0.4, 0.5) is 17.6 Å². The number of nitrogens with zero attached hydrogens (tertiary/aromatic N) is 4. The number of rotatable bonds is 10. The fourth-order valence-corrected chi connectivity index (χ4v) is 7.46. The quantitative estimate of drug-likeness (QED) is 0.113. The van der Waals surface area contributed by atoms with Crippen LogP contribution < -0.4 is 0 Å². The monoisotopic (exact) mass is 770 g/mol. The van der Waals surface area contributed by atoms with Gasteiger partial charge in [0, 0.05) is 27.1 Å². The van der Waals surface area contributed by atoms with Crippen molar-refractivity contribution in [1.29, 1.82) is 0 Å². The van der Waals surface area contributed by atoms with Crippen LogP contribution >= 0.6 is 47.1 Å². The van der Waals surface area contributed by atoms with Crippen molar-refractivity contribution in [1.82, 2.24) is 20.2 Å². The summed E-state index contributed by atoms with van der Waals surface area (Å²) < 4.78 is 81.9. The fraction of sp³-hybridized carbons (Fsp3) is 0.240. The number of aromatic nitrogens is 4. The topological polar surface area (TPSA) is 159 Å². The van der Waals surface area contributed by atoms with Crippen LogP contribution in [0, 0.1) is 0 Å². The van der Waals surface area contributed by atoms with Gasteiger partial charge in [-0.05, 0) is 52.1 Å². The van der Waals surface area contributed by atoms with Crippen molar-refractivity contribution in [2.24, 2.45) is 7.05 Å². The van der Waals surface area contributed by atoms with Gasteiger partial charge in [0.2, 0.25) is 0 Å². The molecule has 0 fully saturated rings. The minimum Gasteiger partial charge on any atom is -0.320 e. The molecule has 3 aromatic carbocycles. The third kappa shape index (κ3) is 6.43. The molecule has 1 heterocycles. The van der Waals surface area contributed by atoms with Gasteiger partial charge in [0.05, 0.1) is 5.41 Å². The number of aryl methyl sites for hydroxylation is 1. The molecule has 0 saturated carbocycles. The molecule has 4 N–H and O–H groups in total. The Balaban J connectivity index is 1.89. The van der Waals surface area contributed by atoms with Gasteiger partial charge in [-0.25, -0.2) is 4.68 Å². The average Bonchev–Trinajstić information content (AvgIpc) is 3.33. The molecule has 0 amide bonds. The van der Waals surface area contributed by atoms with Gasteiger partial charge in [-0.1, -0.05) is 86.5 Å². The van der Waals surface area contributed by atoms with Gasteiger partial charge in [-0.2, -0.15) is 17.6 Å². The lowest BCUT2D eigenvalue weighted by Gasteiger charge is -2.34. The summed E-state index contributed by atoms with van der Waals surface area (Å²) in [6, 6.07) is 15.7. The number of alkyl halides is 4. The van der Waals surface area contributed by atoms with Crippen LogP contribution in [0.2, 0.25) is 0 Å². The lowest BCUT2D eigenvalue weighted by atomic mass is 9.70. The van der Waals surface area contributed by atoms with Crippen LogP contribution in [-0.4, -0.2) is 39.8 Å². The Kier molecular flexibility index (Phi) is 9.30. The molecule has 4 rings (SSSR count). The van der Waals surface area contributed by atoms with Crippen LogP contribution in [0.25, 0.3) is 0 Å². The van der Waals surface area contributed by atoms with E-state index in [1.165, 1.54) is 28.9 Å². The first kappa shape index (κ1) is 33.6. The zero-order valence-corrected chi connectivity index (χ0v) is 26.8. The highest BCUT2D eigenvalue weighted by Gasteiger charge is 2.52. The van der Waals surface area contributed by atoms with Crippen LogP contribution in [0.5, 0.6) is 0 Å². The Labute approximate surface area is 258 Å². The maximum Gasteiger partial charge on any atom is 0.399 e. The predicted octanol–water partition coefficient (Wildman–Crippen LogP) is 5.96. The molecule has 0 aliphatic carbocycles. The van der Waals surface area contributed by atoms with Crippen LogP contribution in [-0.2, 0) is 45.8 Å². The van der Waals surface area contributed by atoms with Crippen LogP contribution in [0.15, 0.2) is 75.7 Å². The largest absolute Gasteiger partial charge is 0.399 e. The van der Waals surface area contributed by atoms with E-state index in [1.54, 1.807) is 37.4 Å². The third-order valence-corrected chi connectivity index (χ3v) is 10.1. The van der Waals surface area contributed by atoms with Crippen LogP contribution in [0.1, 0.15) is 33.6 Å². The SMILES string of the molecule is Cn1nnnc1C(Cc1ccc(C(F)(F)P(=O)(O)O)c(Br)c1)(Cc1ccc(C(F)(F)P(=O)(O)O)c(Br)c1)c1ccccc1. The van der Waals surface area contributed by atoms with E-state index in [9.17, 15) is 46.3 Å². The van der Waals surface area contributed by atoms with Crippen molar-refractivity contribution in [3.05, 3.63) is 109 Å². The first-order valence-corrected chi connectivity index (χ1v) is 16.9. The van der Waals surface area contributed by atoms with E-state index >= 15 is 0 Å². The van der Waals surface area contributed by atoms with Crippen molar-refractivity contribution in [3.8, 4) is 0 Å². The van der Waals surface area contributed by atoms with Crippen molar-refractivity contribution in [2.45, 2.75) is 29.6 Å². The highest BCUT2D eigenvalue weighted by molar-refractivity contribution is 9.10. The van der Waals surface area contributed by atoms with E-state index in [2.05, 4.69) is 47.4 Å². The van der Waals surface area contributed by atoms with Gasteiger partial charge in [-0.3, -0.25) is 9.13 Å². The summed E-state index contributed by atoms with van der Waals surface area (Å²) in [6.07, 6.45) is 0.0627. The second-order valence-electron chi connectivity index (χ2n) is 9.73. The van der Waals surface area contributed by atoms with E-state index in [1.807, 2.05) is 0 Å². The number of tetrazole rings is 1. The molecule has 4 aromatic rings. The van der Waals surface area contributed by atoms with E-state index in [-0.39, 0.29) is 21.8 Å². The molecular formula is C25H22Br2F4N4O6P2. The highest BCUT2D eigenvalue weighted by Crippen LogP contribution is 2.61. The third-order valence-electron chi connectivity index (χ3n) is 6.83. The Hall–Kier alpha value is -2.29. The van der Waals surface area contributed by atoms with E-state index in [0.29, 0.717) is 22.5 Å². The Morgan fingerprint density at radius 2 is 1.21 bits per heavy atom. The fourth-order valence-electron chi connectivity index (χ4n) is 4.78. The highest BCUT2D eigenvalue weighted by atomic mass is 79.9. The molecule has 0 aliphatic rings. The van der Waals surface area contributed by atoms with Crippen molar-refractivity contribution < 1.29 is 46.3 Å². The average molecular weight is 772 g/mol. The lowest BCUT2D eigenvalue weighted by molar-refractivity contribution is 0.0557. The smallest absolute Gasteiger partial charge is 0.320 e. The van der Waals surface area contributed by atoms with Gasteiger partial charge in [0.1, 0.15) is 0 Å². The van der Waals surface area contributed by atoms with Crippen molar-refractivity contribution in [2.75, 3.05) is 0 Å². The predicted molar refractivity (Wildman–Crippen MR) is 154 cm³/mol. The number of halogens is 6. The van der Waals surface area contributed by atoms with Gasteiger partial charge >= 0.3 is 26.5 Å². The molecule has 0 aliphatic heterocycles. The van der Waals surface area contributed by atoms with Gasteiger partial charge in [0.25, 0.3) is 0 Å². The summed E-state index contributed by atoms with van der Waals surface area (Å²) in [5.74, 6) is 0.306. The minimum atomic E-state index is -5.84. The zero-order chi connectivity index (χ0) is 32.0. The second-order valence-corrected chi connectivity index (χ2v) is 14.7. The van der Waals surface area contributed by atoms with Crippen molar-refractivity contribution >= 4 is 47.1 Å². The summed E-state index contributed by atoms with van der Waals surface area (Å²) >= 11 is 6.02. The van der Waals surface area contributed by atoms with Gasteiger partial charge in [0.15, 0.2) is 5.82 Å². The standard InChI is InChI=1S/C25H22Br2F4N4O6P2/c1-35-22(32-33-34-35)23(17-5-3-2-4-6-17,13-15-7-9-18(20(26)11-15)24(28,29)42(36,37)38)14-16-8-10-19(21(27)12-16)25(30,31)43(39,40)41/h2-12H,13-14H2,1H3,(H2,36,37,38)(H2,39,40,41). The maximum atomic E-state index is 14.5. The second kappa shape index (κ2) is 11.9. The molecule has 0 saturated heterocycles. The van der Waals surface area contributed by atoms with Gasteiger partial charge in [-0.15, -0.1) is 5.10 Å².